The van der Waals surface area contributed by atoms with E-state index in [1.165, 1.54) is 0 Å². The maximum Gasteiger partial charge on any atom is 0.158 e. The second-order valence-electron chi connectivity index (χ2n) is 4.99. The normalized spacial score (nSPS) is 19.3. The molecule has 0 unspecified atom stereocenters. The van der Waals surface area contributed by atoms with E-state index in [0.29, 0.717) is 6.54 Å². The third-order valence-corrected chi connectivity index (χ3v) is 2.63. The van der Waals surface area contributed by atoms with Crippen LogP contribution in [0.4, 0.5) is 0 Å². The van der Waals surface area contributed by atoms with Gasteiger partial charge in [-0.25, -0.2) is 0 Å². The standard InChI is InChI=1S/C12H25NO3/c1-4-13(10-12(2,3)14)7-6-11-15-8-5-9-16-11/h11,14H,4-10H2,1-3H3. The smallest absolute Gasteiger partial charge is 0.158 e. The van der Waals surface area contributed by atoms with Gasteiger partial charge in [-0.2, -0.15) is 0 Å². The van der Waals surface area contributed by atoms with E-state index in [4.69, 9.17) is 9.47 Å². The van der Waals surface area contributed by atoms with Crippen LogP contribution in [0.5, 0.6) is 0 Å². The van der Waals surface area contributed by atoms with Crippen LogP contribution in [0.1, 0.15) is 33.6 Å². The third-order valence-electron chi connectivity index (χ3n) is 2.63. The van der Waals surface area contributed by atoms with E-state index in [-0.39, 0.29) is 6.29 Å². The zero-order valence-electron chi connectivity index (χ0n) is 10.7. The van der Waals surface area contributed by atoms with Gasteiger partial charge in [0.1, 0.15) is 0 Å². The molecule has 1 fully saturated rings. The van der Waals surface area contributed by atoms with Crippen molar-refractivity contribution in [2.75, 3.05) is 32.8 Å². The Bertz CT molecular complexity index is 185. The lowest BCUT2D eigenvalue weighted by molar-refractivity contribution is -0.183. The summed E-state index contributed by atoms with van der Waals surface area (Å²) >= 11 is 0. The molecule has 0 bridgehead atoms. The highest BCUT2D eigenvalue weighted by atomic mass is 16.7. The van der Waals surface area contributed by atoms with Crippen LogP contribution in [0.2, 0.25) is 0 Å². The summed E-state index contributed by atoms with van der Waals surface area (Å²) in [5.74, 6) is 0. The predicted molar refractivity (Wildman–Crippen MR) is 63.3 cm³/mol. The van der Waals surface area contributed by atoms with Crippen LogP contribution in [-0.2, 0) is 9.47 Å². The lowest BCUT2D eigenvalue weighted by Crippen LogP contribution is -2.40. The zero-order chi connectivity index (χ0) is 12.0. The van der Waals surface area contributed by atoms with Gasteiger partial charge in [0.25, 0.3) is 0 Å². The minimum Gasteiger partial charge on any atom is -0.389 e. The van der Waals surface area contributed by atoms with Gasteiger partial charge in [-0.3, -0.25) is 0 Å². The number of hydrogen-bond acceptors (Lipinski definition) is 4. The number of rotatable bonds is 6. The Labute approximate surface area is 98.5 Å². The molecule has 0 aromatic carbocycles. The van der Waals surface area contributed by atoms with Crippen molar-refractivity contribution in [1.29, 1.82) is 0 Å². The van der Waals surface area contributed by atoms with Gasteiger partial charge in [-0.15, -0.1) is 0 Å². The minimum atomic E-state index is -0.635. The molecule has 4 nitrogen and oxygen atoms in total. The van der Waals surface area contributed by atoms with Crippen molar-refractivity contribution in [3.63, 3.8) is 0 Å². The summed E-state index contributed by atoms with van der Waals surface area (Å²) in [5.41, 5.74) is -0.635. The van der Waals surface area contributed by atoms with E-state index in [1.807, 2.05) is 13.8 Å². The second kappa shape index (κ2) is 6.55. The van der Waals surface area contributed by atoms with Crippen LogP contribution in [0.3, 0.4) is 0 Å². The maximum absolute atomic E-state index is 9.75. The van der Waals surface area contributed by atoms with Gasteiger partial charge in [-0.1, -0.05) is 6.92 Å². The molecule has 1 aliphatic heterocycles. The Morgan fingerprint density at radius 3 is 2.44 bits per heavy atom. The highest BCUT2D eigenvalue weighted by Gasteiger charge is 2.19. The highest BCUT2D eigenvalue weighted by Crippen LogP contribution is 2.11. The lowest BCUT2D eigenvalue weighted by Gasteiger charge is -2.30. The second-order valence-corrected chi connectivity index (χ2v) is 4.99. The van der Waals surface area contributed by atoms with E-state index in [1.54, 1.807) is 0 Å². The third kappa shape index (κ3) is 5.80. The van der Waals surface area contributed by atoms with E-state index in [0.717, 1.165) is 39.1 Å². The topological polar surface area (TPSA) is 41.9 Å². The first-order valence-electron chi connectivity index (χ1n) is 6.19. The van der Waals surface area contributed by atoms with Gasteiger partial charge in [-0.05, 0) is 26.8 Å². The van der Waals surface area contributed by atoms with Crippen molar-refractivity contribution < 1.29 is 14.6 Å². The highest BCUT2D eigenvalue weighted by molar-refractivity contribution is 4.71. The molecule has 1 heterocycles. The van der Waals surface area contributed by atoms with Crippen LogP contribution in [0.15, 0.2) is 0 Å². The van der Waals surface area contributed by atoms with E-state index >= 15 is 0 Å². The number of ether oxygens (including phenoxy) is 2. The predicted octanol–water partition coefficient (Wildman–Crippen LogP) is 1.23. The van der Waals surface area contributed by atoms with E-state index in [9.17, 15) is 5.11 Å². The van der Waals surface area contributed by atoms with E-state index < -0.39 is 5.60 Å². The average molecular weight is 231 g/mol. The van der Waals surface area contributed by atoms with Gasteiger partial charge < -0.3 is 19.5 Å². The summed E-state index contributed by atoms with van der Waals surface area (Å²) in [7, 11) is 0. The van der Waals surface area contributed by atoms with Crippen molar-refractivity contribution in [3.05, 3.63) is 0 Å². The fourth-order valence-corrected chi connectivity index (χ4v) is 1.89. The molecule has 1 rings (SSSR count). The first kappa shape index (κ1) is 13.9. The largest absolute Gasteiger partial charge is 0.389 e. The van der Waals surface area contributed by atoms with Crippen LogP contribution >= 0.6 is 0 Å². The Kier molecular flexibility index (Phi) is 5.69. The van der Waals surface area contributed by atoms with Crippen LogP contribution in [0, 0.1) is 0 Å². The zero-order valence-corrected chi connectivity index (χ0v) is 10.7. The number of likely N-dealkylation sites (N-methyl/N-ethyl adjacent to an activating group) is 1. The van der Waals surface area contributed by atoms with Gasteiger partial charge in [0.2, 0.25) is 0 Å². The quantitative estimate of drug-likeness (QED) is 0.746. The van der Waals surface area contributed by atoms with Crippen molar-refractivity contribution in [1.82, 2.24) is 4.90 Å². The maximum atomic E-state index is 9.75. The monoisotopic (exact) mass is 231 g/mol. The molecule has 0 aromatic rings. The Morgan fingerprint density at radius 1 is 1.31 bits per heavy atom. The van der Waals surface area contributed by atoms with Gasteiger partial charge in [0.15, 0.2) is 6.29 Å². The molecule has 0 amide bonds. The first-order valence-corrected chi connectivity index (χ1v) is 6.19. The molecule has 16 heavy (non-hydrogen) atoms. The fourth-order valence-electron chi connectivity index (χ4n) is 1.89. The molecule has 0 aromatic heterocycles. The minimum absolute atomic E-state index is 0.0513. The Morgan fingerprint density at radius 2 is 1.94 bits per heavy atom. The number of nitrogens with zero attached hydrogens (tertiary/aromatic N) is 1. The molecule has 1 saturated heterocycles. The Balaban J connectivity index is 2.22. The van der Waals surface area contributed by atoms with Crippen molar-refractivity contribution in [2.45, 2.75) is 45.5 Å². The summed E-state index contributed by atoms with van der Waals surface area (Å²) in [5, 5.41) is 9.75. The molecule has 0 atom stereocenters. The summed E-state index contributed by atoms with van der Waals surface area (Å²) in [6.07, 6.45) is 1.83. The summed E-state index contributed by atoms with van der Waals surface area (Å²) in [4.78, 5) is 2.22. The summed E-state index contributed by atoms with van der Waals surface area (Å²) in [6.45, 7) is 9.93. The molecule has 0 saturated carbocycles. The molecule has 0 spiro atoms. The van der Waals surface area contributed by atoms with Crippen molar-refractivity contribution >= 4 is 0 Å². The first-order chi connectivity index (χ1) is 7.51. The number of aliphatic hydroxyl groups is 1. The fraction of sp³-hybridized carbons (Fsp3) is 1.00. The molecule has 4 heteroatoms. The van der Waals surface area contributed by atoms with E-state index in [2.05, 4.69) is 11.8 Å². The molecular weight excluding hydrogens is 206 g/mol. The molecule has 1 aliphatic rings. The summed E-state index contributed by atoms with van der Waals surface area (Å²) < 4.78 is 11.0. The lowest BCUT2D eigenvalue weighted by atomic mass is 10.1. The SMILES string of the molecule is CCN(CCC1OCCCO1)CC(C)(C)O. The van der Waals surface area contributed by atoms with Gasteiger partial charge >= 0.3 is 0 Å². The molecule has 96 valence electrons. The van der Waals surface area contributed by atoms with Crippen LogP contribution < -0.4 is 0 Å². The molecule has 0 aliphatic carbocycles. The molecule has 0 radical (unpaired) electrons. The van der Waals surface area contributed by atoms with Gasteiger partial charge in [0, 0.05) is 19.5 Å². The average Bonchev–Trinajstić information content (AvgIpc) is 2.24. The molecular formula is C12H25NO3. The number of hydrogen-bond donors (Lipinski definition) is 1. The van der Waals surface area contributed by atoms with Crippen LogP contribution in [-0.4, -0.2) is 54.7 Å². The Hall–Kier alpha value is -0.160. The van der Waals surface area contributed by atoms with Gasteiger partial charge in [0.05, 0.1) is 18.8 Å². The van der Waals surface area contributed by atoms with Crippen LogP contribution in [0.25, 0.3) is 0 Å². The van der Waals surface area contributed by atoms with Crippen molar-refractivity contribution in [2.24, 2.45) is 0 Å². The van der Waals surface area contributed by atoms with Crippen molar-refractivity contribution in [3.8, 4) is 0 Å². The summed E-state index contributed by atoms with van der Waals surface area (Å²) in [6, 6.07) is 0. The molecule has 1 N–H and O–H groups in total.